The molecular weight excluding hydrogens is 326 g/mol. The first-order valence-electron chi connectivity index (χ1n) is 7.98. The fraction of sp³-hybridized carbons (Fsp3) is 0.333. The average Bonchev–Trinajstić information content (AvgIpc) is 2.62. The monoisotopic (exact) mass is 345 g/mol. The van der Waals surface area contributed by atoms with E-state index in [0.717, 1.165) is 37.2 Å². The number of aliphatic hydroxyl groups excluding tert-OH is 1. The van der Waals surface area contributed by atoms with Crippen LogP contribution in [0, 0.1) is 5.92 Å². The quantitative estimate of drug-likeness (QED) is 0.893. The van der Waals surface area contributed by atoms with Gasteiger partial charge in [0, 0.05) is 30.5 Å². The van der Waals surface area contributed by atoms with Gasteiger partial charge < -0.3 is 15.7 Å². The SMILES string of the molecule is NC(=O)c1cnccc1N1CCC(C(O)c2ccc(Cl)cc2)CC1. The first-order valence-corrected chi connectivity index (χ1v) is 8.36. The number of aliphatic hydroxyl groups is 1. The molecule has 126 valence electrons. The number of carbonyl (C=O) groups excluding carboxylic acids is 1. The van der Waals surface area contributed by atoms with Gasteiger partial charge >= 0.3 is 0 Å². The van der Waals surface area contributed by atoms with Crippen LogP contribution in [0.25, 0.3) is 0 Å². The number of rotatable bonds is 4. The first-order chi connectivity index (χ1) is 11.6. The van der Waals surface area contributed by atoms with Crippen molar-refractivity contribution in [2.45, 2.75) is 18.9 Å². The van der Waals surface area contributed by atoms with Crippen LogP contribution in [0.5, 0.6) is 0 Å². The number of amides is 1. The maximum Gasteiger partial charge on any atom is 0.252 e. The second kappa shape index (κ2) is 7.20. The highest BCUT2D eigenvalue weighted by Gasteiger charge is 2.27. The van der Waals surface area contributed by atoms with Crippen molar-refractivity contribution in [3.63, 3.8) is 0 Å². The van der Waals surface area contributed by atoms with Crippen LogP contribution in [0.1, 0.15) is 34.9 Å². The van der Waals surface area contributed by atoms with E-state index in [9.17, 15) is 9.90 Å². The molecule has 0 radical (unpaired) electrons. The molecule has 0 spiro atoms. The predicted molar refractivity (Wildman–Crippen MR) is 94.1 cm³/mol. The lowest BCUT2D eigenvalue weighted by Crippen LogP contribution is -2.36. The fourth-order valence-electron chi connectivity index (χ4n) is 3.24. The minimum Gasteiger partial charge on any atom is -0.388 e. The summed E-state index contributed by atoms with van der Waals surface area (Å²) in [5.74, 6) is -0.289. The van der Waals surface area contributed by atoms with Gasteiger partial charge in [0.05, 0.1) is 17.4 Å². The standard InChI is InChI=1S/C18H20ClN3O2/c19-14-3-1-12(2-4-14)17(23)13-6-9-22(10-7-13)16-5-8-21-11-15(16)18(20)24/h1-5,8,11,13,17,23H,6-7,9-10H2,(H2,20,24). The summed E-state index contributed by atoms with van der Waals surface area (Å²) >= 11 is 5.90. The van der Waals surface area contributed by atoms with Gasteiger partial charge in [-0.25, -0.2) is 0 Å². The molecule has 2 heterocycles. The van der Waals surface area contributed by atoms with Gasteiger partial charge in [-0.3, -0.25) is 9.78 Å². The zero-order valence-electron chi connectivity index (χ0n) is 13.2. The summed E-state index contributed by atoms with van der Waals surface area (Å²) in [6, 6.07) is 9.15. The van der Waals surface area contributed by atoms with E-state index in [1.165, 1.54) is 6.20 Å². The summed E-state index contributed by atoms with van der Waals surface area (Å²) in [5.41, 5.74) is 7.57. The van der Waals surface area contributed by atoms with Crippen molar-refractivity contribution in [2.75, 3.05) is 18.0 Å². The number of carbonyl (C=O) groups is 1. The molecule has 2 aromatic rings. The number of nitrogens with two attached hydrogens (primary N) is 1. The molecule has 1 unspecified atom stereocenters. The third kappa shape index (κ3) is 3.52. The van der Waals surface area contributed by atoms with Crippen LogP contribution < -0.4 is 10.6 Å². The molecule has 1 aromatic carbocycles. The normalized spacial score (nSPS) is 16.8. The molecule has 5 nitrogen and oxygen atoms in total. The molecule has 1 saturated heterocycles. The maximum absolute atomic E-state index is 11.6. The lowest BCUT2D eigenvalue weighted by atomic mass is 9.87. The Morgan fingerprint density at radius 3 is 2.54 bits per heavy atom. The zero-order chi connectivity index (χ0) is 17.1. The van der Waals surface area contributed by atoms with Crippen molar-refractivity contribution < 1.29 is 9.90 Å². The number of piperidine rings is 1. The molecular formula is C18H20ClN3O2. The molecule has 1 aromatic heterocycles. The summed E-state index contributed by atoms with van der Waals surface area (Å²) in [7, 11) is 0. The van der Waals surface area contributed by atoms with Crippen LogP contribution in [0.4, 0.5) is 5.69 Å². The molecule has 1 atom stereocenters. The number of nitrogens with zero attached hydrogens (tertiary/aromatic N) is 2. The van der Waals surface area contributed by atoms with E-state index >= 15 is 0 Å². The first kappa shape index (κ1) is 16.7. The van der Waals surface area contributed by atoms with E-state index in [0.29, 0.717) is 10.6 Å². The lowest BCUT2D eigenvalue weighted by Gasteiger charge is -2.36. The second-order valence-corrected chi connectivity index (χ2v) is 6.51. The number of benzene rings is 1. The van der Waals surface area contributed by atoms with E-state index in [1.54, 1.807) is 18.3 Å². The minimum atomic E-state index is -0.502. The summed E-state index contributed by atoms with van der Waals surface area (Å²) < 4.78 is 0. The molecule has 6 heteroatoms. The molecule has 0 saturated carbocycles. The van der Waals surface area contributed by atoms with Gasteiger partial charge in [0.2, 0.25) is 0 Å². The Morgan fingerprint density at radius 1 is 1.25 bits per heavy atom. The van der Waals surface area contributed by atoms with Gasteiger partial charge in [-0.15, -0.1) is 0 Å². The van der Waals surface area contributed by atoms with Crippen LogP contribution in [0.2, 0.25) is 5.02 Å². The van der Waals surface area contributed by atoms with Crippen molar-refractivity contribution in [3.8, 4) is 0 Å². The van der Waals surface area contributed by atoms with Crippen LogP contribution >= 0.6 is 11.6 Å². The topological polar surface area (TPSA) is 79.5 Å². The second-order valence-electron chi connectivity index (χ2n) is 6.08. The largest absolute Gasteiger partial charge is 0.388 e. The van der Waals surface area contributed by atoms with Gasteiger partial charge in [-0.05, 0) is 42.5 Å². The number of hydrogen-bond acceptors (Lipinski definition) is 4. The number of aromatic nitrogens is 1. The van der Waals surface area contributed by atoms with Gasteiger partial charge in [0.1, 0.15) is 0 Å². The van der Waals surface area contributed by atoms with Crippen LogP contribution in [-0.2, 0) is 0 Å². The molecule has 3 rings (SSSR count). The Kier molecular flexibility index (Phi) is 5.02. The highest BCUT2D eigenvalue weighted by molar-refractivity contribution is 6.30. The number of pyridine rings is 1. The average molecular weight is 346 g/mol. The van der Waals surface area contributed by atoms with Gasteiger partial charge in [0.15, 0.2) is 0 Å². The molecule has 0 aliphatic carbocycles. The fourth-order valence-corrected chi connectivity index (χ4v) is 3.37. The Hall–Kier alpha value is -2.11. The Balaban J connectivity index is 1.68. The smallest absolute Gasteiger partial charge is 0.252 e. The van der Waals surface area contributed by atoms with Crippen LogP contribution in [-0.4, -0.2) is 29.1 Å². The van der Waals surface area contributed by atoms with E-state index in [2.05, 4.69) is 9.88 Å². The molecule has 3 N–H and O–H groups in total. The van der Waals surface area contributed by atoms with E-state index in [4.69, 9.17) is 17.3 Å². The number of anilines is 1. The summed E-state index contributed by atoms with van der Waals surface area (Å²) in [6.45, 7) is 1.53. The molecule has 1 fully saturated rings. The van der Waals surface area contributed by atoms with Crippen molar-refractivity contribution in [3.05, 3.63) is 58.9 Å². The van der Waals surface area contributed by atoms with Crippen molar-refractivity contribution in [1.29, 1.82) is 0 Å². The lowest BCUT2D eigenvalue weighted by molar-refractivity contribution is 0.0927. The van der Waals surface area contributed by atoms with E-state index in [-0.39, 0.29) is 5.92 Å². The van der Waals surface area contributed by atoms with E-state index in [1.807, 2.05) is 18.2 Å². The third-order valence-corrected chi connectivity index (χ3v) is 4.85. The molecule has 1 amide bonds. The van der Waals surface area contributed by atoms with Crippen LogP contribution in [0.3, 0.4) is 0 Å². The third-order valence-electron chi connectivity index (χ3n) is 4.60. The van der Waals surface area contributed by atoms with Gasteiger partial charge in [-0.2, -0.15) is 0 Å². The Bertz CT molecular complexity index is 712. The molecule has 24 heavy (non-hydrogen) atoms. The summed E-state index contributed by atoms with van der Waals surface area (Å²) in [4.78, 5) is 17.7. The number of primary amides is 1. The van der Waals surface area contributed by atoms with E-state index < -0.39 is 12.0 Å². The summed E-state index contributed by atoms with van der Waals surface area (Å²) in [5, 5.41) is 11.3. The van der Waals surface area contributed by atoms with Crippen molar-refractivity contribution >= 4 is 23.2 Å². The summed E-state index contributed by atoms with van der Waals surface area (Å²) in [6.07, 6.45) is 4.34. The maximum atomic E-state index is 11.6. The van der Waals surface area contributed by atoms with Gasteiger partial charge in [0.25, 0.3) is 5.91 Å². The van der Waals surface area contributed by atoms with Crippen LogP contribution in [0.15, 0.2) is 42.7 Å². The molecule has 1 aliphatic heterocycles. The molecule has 0 bridgehead atoms. The number of hydrogen-bond donors (Lipinski definition) is 2. The van der Waals surface area contributed by atoms with Crippen molar-refractivity contribution in [2.24, 2.45) is 11.7 Å². The Morgan fingerprint density at radius 2 is 1.92 bits per heavy atom. The molecule has 1 aliphatic rings. The highest BCUT2D eigenvalue weighted by atomic mass is 35.5. The Labute approximate surface area is 146 Å². The number of halogens is 1. The van der Waals surface area contributed by atoms with Gasteiger partial charge in [-0.1, -0.05) is 23.7 Å². The minimum absolute atomic E-state index is 0.182. The predicted octanol–water partition coefficient (Wildman–Crippen LogP) is 2.78. The van der Waals surface area contributed by atoms with Crippen molar-refractivity contribution in [1.82, 2.24) is 4.98 Å². The zero-order valence-corrected chi connectivity index (χ0v) is 14.0. The highest BCUT2D eigenvalue weighted by Crippen LogP contribution is 2.33.